The fraction of sp³-hybridized carbons (Fsp3) is 0.345. The van der Waals surface area contributed by atoms with Crippen LogP contribution >= 0.6 is 0 Å². The van der Waals surface area contributed by atoms with Gasteiger partial charge in [0.2, 0.25) is 0 Å². The third kappa shape index (κ3) is 4.35. The predicted molar refractivity (Wildman–Crippen MR) is 130 cm³/mol. The summed E-state index contributed by atoms with van der Waals surface area (Å²) in [5, 5.41) is 0. The highest BCUT2D eigenvalue weighted by molar-refractivity contribution is 5.95. The minimum Gasteiger partial charge on any atom is -0.335 e. The monoisotopic (exact) mass is 425 g/mol. The van der Waals surface area contributed by atoms with Crippen molar-refractivity contribution in [3.8, 4) is 11.1 Å². The van der Waals surface area contributed by atoms with Crippen molar-refractivity contribution in [3.05, 3.63) is 96.1 Å². The Morgan fingerprint density at radius 3 is 2.00 bits per heavy atom. The first kappa shape index (κ1) is 21.0. The van der Waals surface area contributed by atoms with E-state index in [0.717, 1.165) is 36.9 Å². The number of nitrogens with one attached hydrogen (secondary N) is 1. The maximum atomic E-state index is 13.7. The van der Waals surface area contributed by atoms with Crippen LogP contribution < -0.4 is 4.90 Å². The molecule has 3 aromatic carbocycles. The molecule has 0 spiro atoms. The maximum Gasteiger partial charge on any atom is 0.254 e. The first-order chi connectivity index (χ1) is 15.7. The van der Waals surface area contributed by atoms with E-state index in [-0.39, 0.29) is 5.91 Å². The summed E-state index contributed by atoms with van der Waals surface area (Å²) in [6, 6.07) is 30.8. The first-order valence-electron chi connectivity index (χ1n) is 12.0. The fourth-order valence-electron chi connectivity index (χ4n) is 5.75. The van der Waals surface area contributed by atoms with Crippen molar-refractivity contribution in [2.75, 3.05) is 13.6 Å². The van der Waals surface area contributed by atoms with Gasteiger partial charge in [-0.2, -0.15) is 0 Å². The van der Waals surface area contributed by atoms with Crippen LogP contribution in [0.4, 0.5) is 0 Å². The molecule has 2 aliphatic heterocycles. The molecule has 0 aliphatic carbocycles. The molecule has 1 amide bonds. The largest absolute Gasteiger partial charge is 0.335 e. The molecule has 164 valence electrons. The van der Waals surface area contributed by atoms with Crippen LogP contribution in [0.15, 0.2) is 84.9 Å². The van der Waals surface area contributed by atoms with Gasteiger partial charge in [-0.15, -0.1) is 0 Å². The summed E-state index contributed by atoms with van der Waals surface area (Å²) in [5.41, 5.74) is 4.43. The Bertz CT molecular complexity index is 1020. The Morgan fingerprint density at radius 1 is 0.812 bits per heavy atom. The number of rotatable bonds is 6. The van der Waals surface area contributed by atoms with Crippen molar-refractivity contribution in [3.63, 3.8) is 0 Å². The summed E-state index contributed by atoms with van der Waals surface area (Å²) in [6.07, 6.45) is 5.78. The molecule has 3 heteroatoms. The highest BCUT2D eigenvalue weighted by Crippen LogP contribution is 2.28. The van der Waals surface area contributed by atoms with E-state index in [4.69, 9.17) is 0 Å². The lowest BCUT2D eigenvalue weighted by Gasteiger charge is -2.40. The van der Waals surface area contributed by atoms with E-state index in [0.29, 0.717) is 18.1 Å². The molecule has 1 N–H and O–H groups in total. The zero-order chi connectivity index (χ0) is 21.9. The minimum atomic E-state index is 0.185. The molecule has 2 saturated heterocycles. The highest BCUT2D eigenvalue weighted by Gasteiger charge is 2.44. The standard InChI is InChI=1S/C29H32N2O/c1-30-26-16-17-27(30)21-28(20-26)31(19-18-22-8-4-2-5-9-22)29(32)25-14-12-24(13-15-25)23-10-6-3-7-11-23/h2-15,26-28H,16-21H2,1H3/p+1. The molecule has 2 atom stereocenters. The van der Waals surface area contributed by atoms with Crippen LogP contribution in [-0.4, -0.2) is 42.5 Å². The molecular weight excluding hydrogens is 392 g/mol. The zero-order valence-electron chi connectivity index (χ0n) is 18.9. The predicted octanol–water partition coefficient (Wildman–Crippen LogP) is 4.25. The van der Waals surface area contributed by atoms with Crippen molar-refractivity contribution >= 4 is 5.91 Å². The van der Waals surface area contributed by atoms with Gasteiger partial charge < -0.3 is 9.80 Å². The average molecular weight is 426 g/mol. The van der Waals surface area contributed by atoms with Crippen molar-refractivity contribution in [2.24, 2.45) is 0 Å². The molecule has 0 saturated carbocycles. The van der Waals surface area contributed by atoms with Crippen LogP contribution in [0.1, 0.15) is 41.6 Å². The third-order valence-electron chi connectivity index (χ3n) is 7.69. The van der Waals surface area contributed by atoms with Crippen LogP contribution in [0.2, 0.25) is 0 Å². The minimum absolute atomic E-state index is 0.185. The second kappa shape index (κ2) is 9.30. The van der Waals surface area contributed by atoms with E-state index in [2.05, 4.69) is 78.7 Å². The lowest BCUT2D eigenvalue weighted by Crippen LogP contribution is -3.15. The lowest BCUT2D eigenvalue weighted by atomic mass is 9.95. The lowest BCUT2D eigenvalue weighted by molar-refractivity contribution is -0.922. The molecule has 2 bridgehead atoms. The number of nitrogens with zero attached hydrogens (tertiary/aromatic N) is 1. The SMILES string of the molecule is C[NH+]1C2CCC1CC(N(CCc1ccccc1)C(=O)c1ccc(-c3ccccc3)cc1)C2. The van der Waals surface area contributed by atoms with Gasteiger partial charge in [0.25, 0.3) is 5.91 Å². The van der Waals surface area contributed by atoms with Crippen molar-refractivity contribution < 1.29 is 9.69 Å². The quantitative estimate of drug-likeness (QED) is 0.628. The fourth-order valence-corrected chi connectivity index (χ4v) is 5.75. The van der Waals surface area contributed by atoms with E-state index in [1.54, 1.807) is 4.90 Å². The Morgan fingerprint density at radius 2 is 1.38 bits per heavy atom. The van der Waals surface area contributed by atoms with Gasteiger partial charge >= 0.3 is 0 Å². The molecular formula is C29H33N2O+. The molecule has 2 heterocycles. The van der Waals surface area contributed by atoms with E-state index < -0.39 is 0 Å². The molecule has 3 aromatic rings. The second-order valence-electron chi connectivity index (χ2n) is 9.52. The van der Waals surface area contributed by atoms with Crippen LogP contribution in [0.3, 0.4) is 0 Å². The van der Waals surface area contributed by atoms with Crippen molar-refractivity contribution in [1.82, 2.24) is 4.90 Å². The number of carbonyl (C=O) groups excluding carboxylic acids is 1. The van der Waals surface area contributed by atoms with Gasteiger partial charge in [-0.1, -0.05) is 72.8 Å². The molecule has 3 nitrogen and oxygen atoms in total. The van der Waals surface area contributed by atoms with Crippen molar-refractivity contribution in [1.29, 1.82) is 0 Å². The van der Waals surface area contributed by atoms with E-state index in [1.165, 1.54) is 24.0 Å². The van der Waals surface area contributed by atoms with Gasteiger partial charge in [-0.25, -0.2) is 0 Å². The Kier molecular flexibility index (Phi) is 6.09. The van der Waals surface area contributed by atoms with Crippen molar-refractivity contribution in [2.45, 2.75) is 50.2 Å². The summed E-state index contributed by atoms with van der Waals surface area (Å²) in [7, 11) is 2.34. The molecule has 32 heavy (non-hydrogen) atoms. The van der Waals surface area contributed by atoms with Gasteiger partial charge in [0.15, 0.2) is 0 Å². The first-order valence-corrected chi connectivity index (χ1v) is 12.0. The average Bonchev–Trinajstić information content (AvgIpc) is 3.05. The van der Waals surface area contributed by atoms with Crippen LogP contribution in [0.5, 0.6) is 0 Å². The van der Waals surface area contributed by atoms with Gasteiger partial charge in [-0.3, -0.25) is 4.79 Å². The summed E-state index contributed by atoms with van der Waals surface area (Å²) in [6.45, 7) is 0.784. The smallest absolute Gasteiger partial charge is 0.254 e. The van der Waals surface area contributed by atoms with E-state index >= 15 is 0 Å². The number of piperidine rings is 1. The molecule has 2 unspecified atom stereocenters. The molecule has 0 radical (unpaired) electrons. The normalized spacial score (nSPS) is 24.3. The third-order valence-corrected chi connectivity index (χ3v) is 7.69. The number of fused-ring (bicyclic) bond motifs is 2. The van der Waals surface area contributed by atoms with Crippen LogP contribution in [0, 0.1) is 0 Å². The van der Waals surface area contributed by atoms with Gasteiger partial charge in [0, 0.05) is 43.8 Å². The molecule has 5 rings (SSSR count). The Hall–Kier alpha value is -2.91. The second-order valence-corrected chi connectivity index (χ2v) is 9.52. The molecule has 2 aliphatic rings. The van der Waals surface area contributed by atoms with Crippen LogP contribution in [-0.2, 0) is 6.42 Å². The van der Waals surface area contributed by atoms with Gasteiger partial charge in [0.05, 0.1) is 19.1 Å². The summed E-state index contributed by atoms with van der Waals surface area (Å²) in [4.78, 5) is 17.6. The topological polar surface area (TPSA) is 24.8 Å². The zero-order valence-corrected chi connectivity index (χ0v) is 18.9. The number of benzene rings is 3. The van der Waals surface area contributed by atoms with E-state index in [9.17, 15) is 4.79 Å². The van der Waals surface area contributed by atoms with E-state index in [1.807, 2.05) is 18.2 Å². The molecule has 2 fully saturated rings. The number of quaternary nitrogens is 1. The Balaban J connectivity index is 1.37. The number of carbonyl (C=O) groups is 1. The number of amides is 1. The Labute approximate surface area is 191 Å². The number of hydrogen-bond acceptors (Lipinski definition) is 1. The van der Waals surface area contributed by atoms with Crippen LogP contribution in [0.25, 0.3) is 11.1 Å². The maximum absolute atomic E-state index is 13.7. The van der Waals surface area contributed by atoms with Gasteiger partial charge in [0.1, 0.15) is 0 Å². The summed E-state index contributed by atoms with van der Waals surface area (Å²) in [5.74, 6) is 0.185. The summed E-state index contributed by atoms with van der Waals surface area (Å²) < 4.78 is 0. The number of hydrogen-bond donors (Lipinski definition) is 1. The summed E-state index contributed by atoms with van der Waals surface area (Å²) >= 11 is 0. The van der Waals surface area contributed by atoms with Gasteiger partial charge in [-0.05, 0) is 35.2 Å². The molecule has 0 aromatic heterocycles. The highest BCUT2D eigenvalue weighted by atomic mass is 16.2.